The van der Waals surface area contributed by atoms with Crippen molar-refractivity contribution >= 4 is 29.9 Å². The van der Waals surface area contributed by atoms with E-state index in [1.165, 1.54) is 18.9 Å². The van der Waals surface area contributed by atoms with Gasteiger partial charge >= 0.3 is 0 Å². The molecule has 130 valence electrons. The summed E-state index contributed by atoms with van der Waals surface area (Å²) in [5.74, 6) is 0.273. The highest BCUT2D eigenvalue weighted by Crippen LogP contribution is 2.16. The molecule has 0 radical (unpaired) electrons. The molecule has 2 N–H and O–H groups in total. The van der Waals surface area contributed by atoms with Gasteiger partial charge in [-0.05, 0) is 30.5 Å². The van der Waals surface area contributed by atoms with E-state index < -0.39 is 0 Å². The maximum absolute atomic E-state index is 14.2. The summed E-state index contributed by atoms with van der Waals surface area (Å²) in [4.78, 5) is 10.5. The molecule has 7 heteroatoms. The average Bonchev–Trinajstić information content (AvgIpc) is 2.94. The van der Waals surface area contributed by atoms with E-state index >= 15 is 0 Å². The standard InChI is InChI=1S/C17H22FN5.HI/c18-15-11-14(5-6-16(15)23-10-7-20-13-23)12-21-17(19)22-8-3-1-2-4-9-22;/h5-7,10-11,13H,1-4,8-9,12H2,(H2,19,21);1H. The minimum atomic E-state index is -0.288. The third-order valence-corrected chi connectivity index (χ3v) is 4.15. The van der Waals surface area contributed by atoms with Crippen LogP contribution in [0.5, 0.6) is 0 Å². The van der Waals surface area contributed by atoms with Gasteiger partial charge in [-0.1, -0.05) is 18.9 Å². The van der Waals surface area contributed by atoms with Crippen molar-refractivity contribution in [1.29, 1.82) is 0 Å². The Bertz CT molecular complexity index is 664. The predicted octanol–water partition coefficient (Wildman–Crippen LogP) is 3.32. The second kappa shape index (κ2) is 9.00. The molecule has 0 spiro atoms. The number of likely N-dealkylation sites (tertiary alicyclic amines) is 1. The number of aliphatic imine (C=N–C) groups is 1. The fourth-order valence-corrected chi connectivity index (χ4v) is 2.83. The summed E-state index contributed by atoms with van der Waals surface area (Å²) in [5, 5.41) is 0. The molecule has 0 bridgehead atoms. The average molecular weight is 443 g/mol. The van der Waals surface area contributed by atoms with E-state index in [-0.39, 0.29) is 29.8 Å². The highest BCUT2D eigenvalue weighted by molar-refractivity contribution is 14.0. The number of nitrogens with two attached hydrogens (primary N) is 1. The highest BCUT2D eigenvalue weighted by Gasteiger charge is 2.11. The zero-order chi connectivity index (χ0) is 16.1. The van der Waals surface area contributed by atoms with Gasteiger partial charge in [0.15, 0.2) is 5.96 Å². The molecule has 0 aliphatic carbocycles. The number of imidazole rings is 1. The van der Waals surface area contributed by atoms with Crippen LogP contribution in [-0.4, -0.2) is 33.5 Å². The van der Waals surface area contributed by atoms with E-state index in [1.807, 2.05) is 6.07 Å². The van der Waals surface area contributed by atoms with Crippen LogP contribution in [0.15, 0.2) is 41.9 Å². The fourth-order valence-electron chi connectivity index (χ4n) is 2.83. The Labute approximate surface area is 158 Å². The number of halogens is 2. The van der Waals surface area contributed by atoms with Gasteiger partial charge in [-0.15, -0.1) is 24.0 Å². The first-order chi connectivity index (χ1) is 11.2. The minimum Gasteiger partial charge on any atom is -0.370 e. The molecule has 1 aliphatic heterocycles. The smallest absolute Gasteiger partial charge is 0.191 e. The maximum Gasteiger partial charge on any atom is 0.191 e. The van der Waals surface area contributed by atoms with Crippen LogP contribution >= 0.6 is 24.0 Å². The molecule has 24 heavy (non-hydrogen) atoms. The van der Waals surface area contributed by atoms with Gasteiger partial charge in [-0.2, -0.15) is 0 Å². The Morgan fingerprint density at radius 1 is 1.21 bits per heavy atom. The minimum absolute atomic E-state index is 0. The van der Waals surface area contributed by atoms with Crippen LogP contribution in [0.3, 0.4) is 0 Å². The lowest BCUT2D eigenvalue weighted by atomic mass is 10.2. The SMILES string of the molecule is I.NC(=NCc1ccc(-n2ccnc2)c(F)c1)N1CCCCCC1. The summed E-state index contributed by atoms with van der Waals surface area (Å²) < 4.78 is 15.9. The monoisotopic (exact) mass is 443 g/mol. The Hall–Kier alpha value is -1.64. The van der Waals surface area contributed by atoms with Gasteiger partial charge in [0.1, 0.15) is 5.82 Å². The van der Waals surface area contributed by atoms with Crippen molar-refractivity contribution in [2.75, 3.05) is 13.1 Å². The summed E-state index contributed by atoms with van der Waals surface area (Å²) in [6.45, 7) is 2.32. The largest absolute Gasteiger partial charge is 0.370 e. The number of benzene rings is 1. The molecular weight excluding hydrogens is 420 g/mol. The van der Waals surface area contributed by atoms with E-state index in [0.29, 0.717) is 18.2 Å². The topological polar surface area (TPSA) is 59.4 Å². The van der Waals surface area contributed by atoms with E-state index in [0.717, 1.165) is 31.5 Å². The van der Waals surface area contributed by atoms with Crippen LogP contribution in [0.25, 0.3) is 5.69 Å². The summed E-state index contributed by atoms with van der Waals surface area (Å²) in [7, 11) is 0. The number of rotatable bonds is 3. The van der Waals surface area contributed by atoms with Crippen LogP contribution in [0.4, 0.5) is 4.39 Å². The number of guanidine groups is 1. The third-order valence-electron chi connectivity index (χ3n) is 4.15. The van der Waals surface area contributed by atoms with Crippen LogP contribution in [-0.2, 0) is 6.54 Å². The third kappa shape index (κ3) is 4.68. The molecule has 1 aliphatic rings. The lowest BCUT2D eigenvalue weighted by molar-refractivity contribution is 0.428. The molecule has 0 amide bonds. The Balaban J connectivity index is 0.00000208. The first-order valence-electron chi connectivity index (χ1n) is 8.05. The first kappa shape index (κ1) is 18.7. The van der Waals surface area contributed by atoms with Crippen molar-refractivity contribution in [3.8, 4) is 5.69 Å². The zero-order valence-corrected chi connectivity index (χ0v) is 15.9. The lowest BCUT2D eigenvalue weighted by Crippen LogP contribution is -2.38. The molecule has 1 aromatic heterocycles. The van der Waals surface area contributed by atoms with Crippen molar-refractivity contribution in [3.63, 3.8) is 0 Å². The van der Waals surface area contributed by atoms with Crippen molar-refractivity contribution in [2.24, 2.45) is 10.7 Å². The quantitative estimate of drug-likeness (QED) is 0.450. The van der Waals surface area contributed by atoms with Crippen molar-refractivity contribution in [3.05, 3.63) is 48.3 Å². The summed E-state index contributed by atoms with van der Waals surface area (Å²) >= 11 is 0. The summed E-state index contributed by atoms with van der Waals surface area (Å²) in [6, 6.07) is 5.12. The predicted molar refractivity (Wildman–Crippen MR) is 104 cm³/mol. The second-order valence-corrected chi connectivity index (χ2v) is 5.83. The molecule has 1 saturated heterocycles. The summed E-state index contributed by atoms with van der Waals surface area (Å²) in [6.07, 6.45) is 9.74. The molecule has 0 unspecified atom stereocenters. The number of aromatic nitrogens is 2. The van der Waals surface area contributed by atoms with Crippen LogP contribution in [0, 0.1) is 5.82 Å². The van der Waals surface area contributed by atoms with Gasteiger partial charge in [-0.3, -0.25) is 0 Å². The lowest BCUT2D eigenvalue weighted by Gasteiger charge is -2.21. The maximum atomic E-state index is 14.2. The van der Waals surface area contributed by atoms with Crippen LogP contribution in [0.2, 0.25) is 0 Å². The van der Waals surface area contributed by atoms with Crippen molar-refractivity contribution in [2.45, 2.75) is 32.2 Å². The second-order valence-electron chi connectivity index (χ2n) is 5.83. The van der Waals surface area contributed by atoms with Crippen molar-refractivity contribution in [1.82, 2.24) is 14.5 Å². The van der Waals surface area contributed by atoms with Gasteiger partial charge in [0.2, 0.25) is 0 Å². The molecule has 3 rings (SSSR count). The van der Waals surface area contributed by atoms with Crippen molar-refractivity contribution < 1.29 is 4.39 Å². The Kier molecular flexibility index (Phi) is 7.01. The van der Waals surface area contributed by atoms with Gasteiger partial charge in [0, 0.05) is 25.5 Å². The number of hydrogen-bond acceptors (Lipinski definition) is 2. The van der Waals surface area contributed by atoms with Gasteiger partial charge < -0.3 is 15.2 Å². The molecule has 2 aromatic rings. The molecule has 1 fully saturated rings. The van der Waals surface area contributed by atoms with E-state index in [4.69, 9.17) is 5.73 Å². The van der Waals surface area contributed by atoms with E-state index in [1.54, 1.807) is 29.4 Å². The normalized spacial score (nSPS) is 15.7. The molecule has 0 saturated carbocycles. The van der Waals surface area contributed by atoms with Crippen LogP contribution < -0.4 is 5.73 Å². The van der Waals surface area contributed by atoms with Gasteiger partial charge in [0.05, 0.1) is 18.6 Å². The molecule has 0 atom stereocenters. The zero-order valence-electron chi connectivity index (χ0n) is 13.6. The number of hydrogen-bond donors (Lipinski definition) is 1. The Morgan fingerprint density at radius 3 is 2.58 bits per heavy atom. The van der Waals surface area contributed by atoms with Gasteiger partial charge in [-0.25, -0.2) is 14.4 Å². The molecular formula is C17H23FIN5. The molecule has 2 heterocycles. The molecule has 5 nitrogen and oxygen atoms in total. The van der Waals surface area contributed by atoms with Crippen LogP contribution in [0.1, 0.15) is 31.2 Å². The summed E-state index contributed by atoms with van der Waals surface area (Å²) in [5.41, 5.74) is 7.37. The molecule has 1 aromatic carbocycles. The first-order valence-corrected chi connectivity index (χ1v) is 8.05. The Morgan fingerprint density at radius 2 is 1.96 bits per heavy atom. The van der Waals surface area contributed by atoms with Gasteiger partial charge in [0.25, 0.3) is 0 Å². The van der Waals surface area contributed by atoms with E-state index in [9.17, 15) is 4.39 Å². The van der Waals surface area contributed by atoms with E-state index in [2.05, 4.69) is 14.9 Å². The number of nitrogens with zero attached hydrogens (tertiary/aromatic N) is 4. The fraction of sp³-hybridized carbons (Fsp3) is 0.412. The highest BCUT2D eigenvalue weighted by atomic mass is 127.